The molecular weight excluding hydrogens is 761 g/mol. The molecule has 6 aliphatic rings. The zero-order chi connectivity index (χ0) is 42.7. The van der Waals surface area contributed by atoms with E-state index in [1.165, 1.54) is 102 Å². The Morgan fingerprint density at radius 3 is 1.95 bits per heavy atom. The van der Waals surface area contributed by atoms with Crippen molar-refractivity contribution >= 4 is 62.9 Å². The third-order valence-corrected chi connectivity index (χ3v) is 17.5. The highest BCUT2D eigenvalue weighted by Crippen LogP contribution is 2.67. The number of benzene rings is 7. The number of fused-ring (bicyclic) bond motifs is 12. The molecule has 7 aromatic carbocycles. The van der Waals surface area contributed by atoms with Gasteiger partial charge in [-0.3, -0.25) is 0 Å². The third-order valence-electron chi connectivity index (χ3n) is 17.5. The van der Waals surface area contributed by atoms with Crippen molar-refractivity contribution in [3.05, 3.63) is 191 Å². The fraction of sp³-hybridized carbons (Fsp3) is 0.288. The van der Waals surface area contributed by atoms with Crippen LogP contribution < -0.4 is 31.1 Å². The molecular formula is C59H56BN3. The largest absolute Gasteiger partial charge is 0.335 e. The average molecular weight is 818 g/mol. The van der Waals surface area contributed by atoms with Gasteiger partial charge in [0, 0.05) is 50.6 Å². The molecule has 2 aliphatic carbocycles. The molecule has 3 nitrogen and oxygen atoms in total. The van der Waals surface area contributed by atoms with Crippen molar-refractivity contribution in [3.63, 3.8) is 0 Å². The Hall–Kier alpha value is -6.00. The van der Waals surface area contributed by atoms with Gasteiger partial charge in [-0.1, -0.05) is 162 Å². The first-order valence-electron chi connectivity index (χ1n) is 23.7. The summed E-state index contributed by atoms with van der Waals surface area (Å²) in [5.41, 5.74) is 21.5. The van der Waals surface area contributed by atoms with E-state index < -0.39 is 0 Å². The Balaban J connectivity index is 1.19. The van der Waals surface area contributed by atoms with Crippen LogP contribution in [-0.2, 0) is 28.2 Å². The van der Waals surface area contributed by atoms with E-state index in [4.69, 9.17) is 0 Å². The molecule has 1 saturated carbocycles. The van der Waals surface area contributed by atoms with E-state index in [1.54, 1.807) is 0 Å². The van der Waals surface area contributed by atoms with Crippen LogP contribution in [0.4, 0.5) is 39.8 Å². The molecule has 4 aliphatic heterocycles. The second-order valence-corrected chi connectivity index (χ2v) is 21.3. The van der Waals surface area contributed by atoms with Crippen molar-refractivity contribution in [2.75, 3.05) is 14.7 Å². The number of anilines is 7. The summed E-state index contributed by atoms with van der Waals surface area (Å²) >= 11 is 0. The van der Waals surface area contributed by atoms with Crippen LogP contribution in [-0.4, -0.2) is 12.3 Å². The molecule has 0 spiro atoms. The Morgan fingerprint density at radius 2 is 1.17 bits per heavy atom. The quantitative estimate of drug-likeness (QED) is 0.164. The summed E-state index contributed by atoms with van der Waals surface area (Å²) in [6.07, 6.45) is 6.89. The highest BCUT2D eigenvalue weighted by molar-refractivity contribution is 7.00. The van der Waals surface area contributed by atoms with E-state index >= 15 is 0 Å². The molecule has 7 aromatic rings. The van der Waals surface area contributed by atoms with Gasteiger partial charge in [0.1, 0.15) is 0 Å². The highest BCUT2D eigenvalue weighted by Gasteiger charge is 2.65. The summed E-state index contributed by atoms with van der Waals surface area (Å²) in [7, 11) is 0. The monoisotopic (exact) mass is 817 g/mol. The topological polar surface area (TPSA) is 9.72 Å². The summed E-state index contributed by atoms with van der Waals surface area (Å²) in [5.74, 6) is 0. The van der Waals surface area contributed by atoms with Gasteiger partial charge in [-0.25, -0.2) is 0 Å². The van der Waals surface area contributed by atoms with Crippen LogP contribution in [0.5, 0.6) is 0 Å². The zero-order valence-corrected chi connectivity index (χ0v) is 37.7. The van der Waals surface area contributed by atoms with Gasteiger partial charge in [-0.2, -0.15) is 0 Å². The molecule has 0 amide bonds. The zero-order valence-electron chi connectivity index (χ0n) is 37.7. The SMILES string of the molecule is CC(C)(C)c1cc2c3c(c1)C1(c4ccccc4)CCCCC1(C)N3c1cc(N3c4ccccc4C4(C)CCc5ccccc5C34C)cc3c1B2c1ccccc1N3c1ccccc1. The molecule has 0 bridgehead atoms. The summed E-state index contributed by atoms with van der Waals surface area (Å²) in [6, 6.07) is 61.5. The first-order valence-corrected chi connectivity index (χ1v) is 23.7. The van der Waals surface area contributed by atoms with Crippen LogP contribution in [0.3, 0.4) is 0 Å². The third kappa shape index (κ3) is 4.52. The Kier molecular flexibility index (Phi) is 7.50. The Morgan fingerprint density at radius 1 is 0.524 bits per heavy atom. The minimum atomic E-state index is -0.317. The number of rotatable bonds is 3. The fourth-order valence-corrected chi connectivity index (χ4v) is 14.4. The Bertz CT molecular complexity index is 3040. The maximum atomic E-state index is 2.94. The van der Waals surface area contributed by atoms with Crippen molar-refractivity contribution in [2.24, 2.45) is 0 Å². The van der Waals surface area contributed by atoms with Crippen molar-refractivity contribution in [3.8, 4) is 0 Å². The van der Waals surface area contributed by atoms with E-state index in [2.05, 4.69) is 214 Å². The first-order chi connectivity index (χ1) is 30.5. The van der Waals surface area contributed by atoms with Gasteiger partial charge in [0.25, 0.3) is 6.71 Å². The molecule has 63 heavy (non-hydrogen) atoms. The highest BCUT2D eigenvalue weighted by atomic mass is 15.3. The minimum absolute atomic E-state index is 0.0271. The second kappa shape index (κ2) is 12.6. The number of hydrogen-bond donors (Lipinski definition) is 0. The van der Waals surface area contributed by atoms with Crippen LogP contribution in [0.25, 0.3) is 0 Å². The van der Waals surface area contributed by atoms with Crippen molar-refractivity contribution < 1.29 is 0 Å². The summed E-state index contributed by atoms with van der Waals surface area (Å²) in [6.45, 7) is 15.1. The maximum Gasteiger partial charge on any atom is 0.252 e. The summed E-state index contributed by atoms with van der Waals surface area (Å²) in [4.78, 5) is 8.33. The smallest absolute Gasteiger partial charge is 0.252 e. The van der Waals surface area contributed by atoms with Gasteiger partial charge in [0.05, 0.1) is 11.1 Å². The van der Waals surface area contributed by atoms with Gasteiger partial charge < -0.3 is 14.7 Å². The molecule has 4 heterocycles. The van der Waals surface area contributed by atoms with E-state index in [0.717, 1.165) is 25.7 Å². The number of para-hydroxylation sites is 3. The lowest BCUT2D eigenvalue weighted by Crippen LogP contribution is -2.65. The Labute approximate surface area is 374 Å². The molecule has 4 atom stereocenters. The van der Waals surface area contributed by atoms with Crippen LogP contribution in [0.2, 0.25) is 0 Å². The van der Waals surface area contributed by atoms with Gasteiger partial charge in [-0.15, -0.1) is 0 Å². The average Bonchev–Trinajstić information content (AvgIpc) is 3.68. The van der Waals surface area contributed by atoms with Crippen LogP contribution in [0.1, 0.15) is 107 Å². The first kappa shape index (κ1) is 37.5. The van der Waals surface area contributed by atoms with E-state index in [9.17, 15) is 0 Å². The molecule has 310 valence electrons. The van der Waals surface area contributed by atoms with Crippen molar-refractivity contribution in [2.45, 2.75) is 107 Å². The fourth-order valence-electron chi connectivity index (χ4n) is 14.4. The number of nitrogens with zero attached hydrogens (tertiary/aromatic N) is 3. The van der Waals surface area contributed by atoms with Gasteiger partial charge in [-0.05, 0) is 131 Å². The normalized spacial score (nSPS) is 25.7. The van der Waals surface area contributed by atoms with Crippen LogP contribution >= 0.6 is 0 Å². The second-order valence-electron chi connectivity index (χ2n) is 21.3. The molecule has 0 saturated heterocycles. The predicted octanol–water partition coefficient (Wildman–Crippen LogP) is 12.6. The molecule has 13 rings (SSSR count). The van der Waals surface area contributed by atoms with Crippen LogP contribution in [0, 0.1) is 0 Å². The summed E-state index contributed by atoms with van der Waals surface area (Å²) in [5, 5.41) is 0. The molecule has 1 fully saturated rings. The summed E-state index contributed by atoms with van der Waals surface area (Å²) < 4.78 is 0. The minimum Gasteiger partial charge on any atom is -0.335 e. The molecule has 0 aromatic heterocycles. The molecule has 0 N–H and O–H groups in total. The van der Waals surface area contributed by atoms with Gasteiger partial charge in [0.2, 0.25) is 0 Å². The number of aryl methyl sites for hydroxylation is 1. The lowest BCUT2D eigenvalue weighted by molar-refractivity contribution is 0.215. The molecule has 4 heteroatoms. The lowest BCUT2D eigenvalue weighted by atomic mass is 9.33. The predicted molar refractivity (Wildman–Crippen MR) is 265 cm³/mol. The number of hydrogen-bond acceptors (Lipinski definition) is 3. The standard InChI is InChI=1S/C59H56BN3/c1-55(2,3)41-35-46-54-48(36-41)60-47-28-16-18-30-50(47)61(42-24-11-8-12-25-42)51-37-43(38-52(53(51)60)63(54)57(5)32-19-20-33-59(46,57)40-22-9-7-10-23-40)62-49-29-17-15-27-45(49)56(4)34-31-39-21-13-14-26-44(39)58(56,62)6/h7-18,21-30,35-38H,19-20,31-34H2,1-6H3. The van der Waals surface area contributed by atoms with Crippen LogP contribution in [0.15, 0.2) is 158 Å². The molecule has 4 unspecified atom stereocenters. The van der Waals surface area contributed by atoms with Crippen molar-refractivity contribution in [1.82, 2.24) is 0 Å². The van der Waals surface area contributed by atoms with E-state index in [1.807, 2.05) is 0 Å². The van der Waals surface area contributed by atoms with E-state index in [0.29, 0.717) is 0 Å². The molecule has 0 radical (unpaired) electrons. The lowest BCUT2D eigenvalue weighted by Gasteiger charge is -2.55. The van der Waals surface area contributed by atoms with Gasteiger partial charge >= 0.3 is 0 Å². The van der Waals surface area contributed by atoms with Crippen molar-refractivity contribution in [1.29, 1.82) is 0 Å². The van der Waals surface area contributed by atoms with E-state index in [-0.39, 0.29) is 34.0 Å². The van der Waals surface area contributed by atoms with Gasteiger partial charge in [0.15, 0.2) is 0 Å². The maximum absolute atomic E-state index is 2.94.